The maximum Gasteiger partial charge on any atom is 0.251 e. The summed E-state index contributed by atoms with van der Waals surface area (Å²) < 4.78 is 0. The molecule has 2 rings (SSSR count). The van der Waals surface area contributed by atoms with Gasteiger partial charge in [-0.3, -0.25) is 44.2 Å². The summed E-state index contributed by atoms with van der Waals surface area (Å²) in [5.41, 5.74) is 23.6. The van der Waals surface area contributed by atoms with Crippen LogP contribution in [0.1, 0.15) is 38.2 Å². The van der Waals surface area contributed by atoms with E-state index in [0.717, 1.165) is 4.90 Å². The highest BCUT2D eigenvalue weighted by Gasteiger charge is 2.43. The van der Waals surface area contributed by atoms with Gasteiger partial charge in [-0.05, 0) is 31.7 Å². The molecule has 1 aliphatic rings. The summed E-state index contributed by atoms with van der Waals surface area (Å²) in [6.07, 6.45) is -0.0772. The van der Waals surface area contributed by atoms with E-state index in [1.165, 1.54) is 19.1 Å². The average Bonchev–Trinajstić information content (AvgIpc) is 3.07. The number of carbonyl (C=O) groups excluding carboxylic acids is 8. The van der Waals surface area contributed by atoms with Gasteiger partial charge in [-0.1, -0.05) is 42.5 Å². The van der Waals surface area contributed by atoms with Crippen molar-refractivity contribution in [3.05, 3.63) is 48.0 Å². The van der Waals surface area contributed by atoms with Crippen molar-refractivity contribution in [3.63, 3.8) is 0 Å². The molecule has 0 spiro atoms. The molecule has 4 amide bonds. The number of amides is 4. The number of aldehydes is 1. The fraction of sp³-hybridized carbons (Fsp3) is 0.500. The molecule has 0 saturated heterocycles. The van der Waals surface area contributed by atoms with E-state index < -0.39 is 103 Å². The van der Waals surface area contributed by atoms with E-state index in [2.05, 4.69) is 21.3 Å². The lowest BCUT2D eigenvalue weighted by Crippen LogP contribution is -2.65. The predicted octanol–water partition coefficient (Wildman–Crippen LogP) is -4.63. The quantitative estimate of drug-likeness (QED) is 0.0339. The predicted molar refractivity (Wildman–Crippen MR) is 179 cm³/mol. The van der Waals surface area contributed by atoms with Crippen LogP contribution in [0, 0.1) is 0 Å². The lowest BCUT2D eigenvalue weighted by atomic mass is 9.95. The summed E-state index contributed by atoms with van der Waals surface area (Å²) in [6, 6.07) is 0.712. The number of hydrogen-bond acceptors (Lipinski definition) is 14. The normalized spacial score (nSPS) is 20.7. The van der Waals surface area contributed by atoms with Gasteiger partial charge in [-0.15, -0.1) is 0 Å². The van der Waals surface area contributed by atoms with Gasteiger partial charge in [0.05, 0.1) is 37.4 Å². The summed E-state index contributed by atoms with van der Waals surface area (Å²) in [5, 5.41) is 20.0. The van der Waals surface area contributed by atoms with Crippen LogP contribution in [-0.2, 0) is 44.8 Å². The van der Waals surface area contributed by atoms with Crippen LogP contribution in [0.25, 0.3) is 0 Å². The fourth-order valence-electron chi connectivity index (χ4n) is 5.00. The molecule has 0 radical (unpaired) electrons. The zero-order valence-corrected chi connectivity index (χ0v) is 27.8. The van der Waals surface area contributed by atoms with E-state index in [4.69, 9.17) is 22.9 Å². The number of primary amides is 1. The van der Waals surface area contributed by atoms with Crippen LogP contribution < -0.4 is 44.2 Å². The van der Waals surface area contributed by atoms with Gasteiger partial charge in [-0.2, -0.15) is 0 Å². The van der Waals surface area contributed by atoms with Crippen molar-refractivity contribution in [2.24, 2.45) is 22.9 Å². The molecule has 0 aromatic heterocycles. The smallest absolute Gasteiger partial charge is 0.251 e. The molecule has 1 aromatic rings. The lowest BCUT2D eigenvalue weighted by molar-refractivity contribution is -0.150. The van der Waals surface area contributed by atoms with Crippen molar-refractivity contribution >= 4 is 47.3 Å². The van der Waals surface area contributed by atoms with Crippen LogP contribution in [0.5, 0.6) is 0 Å². The maximum atomic E-state index is 14.3. The van der Waals surface area contributed by atoms with Crippen molar-refractivity contribution in [1.82, 2.24) is 26.2 Å². The Kier molecular flexibility index (Phi) is 17.2. The van der Waals surface area contributed by atoms with Crippen LogP contribution in [0.15, 0.2) is 42.5 Å². The van der Waals surface area contributed by atoms with Gasteiger partial charge in [0, 0.05) is 19.4 Å². The van der Waals surface area contributed by atoms with Crippen molar-refractivity contribution < 1.29 is 43.5 Å². The van der Waals surface area contributed by atoms with Gasteiger partial charge in [0.15, 0.2) is 23.4 Å². The van der Waals surface area contributed by atoms with Crippen LogP contribution in [0.3, 0.4) is 0 Å². The number of hydrogen-bond donors (Lipinski definition) is 9. The second kappa shape index (κ2) is 20.7. The number of allylic oxidation sites excluding steroid dienone is 1. The summed E-state index contributed by atoms with van der Waals surface area (Å²) in [6.45, 7) is -0.437. The largest absolute Gasteiger partial charge is 0.391 e. The third-order valence-corrected chi connectivity index (χ3v) is 7.79. The van der Waals surface area contributed by atoms with E-state index in [9.17, 15) is 43.5 Å². The summed E-state index contributed by atoms with van der Waals surface area (Å²) in [7, 11) is 0. The fourth-order valence-corrected chi connectivity index (χ4v) is 5.00. The number of Topliss-reactive ketones (excluding diaryl/α,β-unsaturated/α-hetero) is 3. The minimum Gasteiger partial charge on any atom is -0.391 e. The summed E-state index contributed by atoms with van der Waals surface area (Å²) in [5.74, 6) is -6.29. The standard InChI is InChI=1S/C32H47N9O9/c1-18(43)25(36)29(48)26-32(50)41(27(31(49)38-17-33)28(47)21(34)14-19-8-4-2-5-9-19)13-7-3-6-10-24(46)40-30(22(44)15-37-26)39-20(16-42)11-12-23(35)45/h2-5,7-9,16,18,20-21,25-27,30,37,39,43H,6,10-15,17,33-34,36H2,1H3,(H2,35,45)(H,38,49)(H,40,46)/t18-,20+,21-,25-,26-,27-,30?/m0/s1. The summed E-state index contributed by atoms with van der Waals surface area (Å²) >= 11 is 0. The number of rotatable bonds is 16. The van der Waals surface area contributed by atoms with Gasteiger partial charge < -0.3 is 48.4 Å². The Balaban J connectivity index is 2.59. The van der Waals surface area contributed by atoms with Gasteiger partial charge >= 0.3 is 0 Å². The Morgan fingerprint density at radius 3 is 2.38 bits per heavy atom. The number of carbonyl (C=O) groups is 8. The van der Waals surface area contributed by atoms with E-state index in [-0.39, 0.29) is 32.1 Å². The highest BCUT2D eigenvalue weighted by atomic mass is 16.3. The van der Waals surface area contributed by atoms with Crippen LogP contribution in [-0.4, -0.2) is 120 Å². The first-order valence-corrected chi connectivity index (χ1v) is 16.0. The van der Waals surface area contributed by atoms with Gasteiger partial charge in [0.1, 0.15) is 18.5 Å². The number of aliphatic hydroxyl groups is 1. The molecule has 18 heteroatoms. The molecule has 0 aliphatic carbocycles. The Morgan fingerprint density at radius 1 is 1.10 bits per heavy atom. The van der Waals surface area contributed by atoms with Crippen molar-refractivity contribution in [2.45, 2.75) is 81.5 Å². The number of aliphatic hydroxyl groups excluding tert-OH is 1. The van der Waals surface area contributed by atoms with Gasteiger partial charge in [-0.25, -0.2) is 0 Å². The van der Waals surface area contributed by atoms with E-state index in [0.29, 0.717) is 11.8 Å². The summed E-state index contributed by atoms with van der Waals surface area (Å²) in [4.78, 5) is 105. The monoisotopic (exact) mass is 701 g/mol. The molecule has 50 heavy (non-hydrogen) atoms. The van der Waals surface area contributed by atoms with E-state index in [1.54, 1.807) is 30.3 Å². The van der Waals surface area contributed by atoms with E-state index in [1.807, 2.05) is 0 Å². The molecule has 1 aromatic carbocycles. The Morgan fingerprint density at radius 2 is 1.78 bits per heavy atom. The number of nitrogens with one attached hydrogen (secondary N) is 4. The number of nitrogens with zero attached hydrogens (tertiary/aromatic N) is 1. The molecule has 1 unspecified atom stereocenters. The molecule has 18 nitrogen and oxygen atoms in total. The SMILES string of the molecule is C[C@H](O)[C@H](N)C(=O)[C@@H]1NCC(=O)C(N[C@@H](C=O)CCC(N)=O)NC(=O)CCC=CCN([C@H](C(=O)NCN)C(=O)[C@@H](N)Cc2ccccc2)C1=O. The Bertz CT molecular complexity index is 1410. The van der Waals surface area contributed by atoms with Gasteiger partial charge in [0.25, 0.3) is 5.91 Å². The molecule has 1 heterocycles. The van der Waals surface area contributed by atoms with Crippen LogP contribution in [0.4, 0.5) is 0 Å². The minimum atomic E-state index is -2.00. The van der Waals surface area contributed by atoms with Crippen LogP contribution in [0.2, 0.25) is 0 Å². The molecule has 274 valence electrons. The highest BCUT2D eigenvalue weighted by molar-refractivity contribution is 6.14. The van der Waals surface area contributed by atoms with Gasteiger partial charge in [0.2, 0.25) is 17.7 Å². The van der Waals surface area contributed by atoms with Crippen molar-refractivity contribution in [2.75, 3.05) is 19.8 Å². The first-order chi connectivity index (χ1) is 23.7. The molecule has 0 bridgehead atoms. The molecule has 0 saturated carbocycles. The third kappa shape index (κ3) is 12.6. The van der Waals surface area contributed by atoms with Crippen LogP contribution >= 0.6 is 0 Å². The molecular weight excluding hydrogens is 654 g/mol. The highest BCUT2D eigenvalue weighted by Crippen LogP contribution is 2.13. The average molecular weight is 702 g/mol. The number of ketones is 3. The minimum absolute atomic E-state index is 0.00329. The number of benzene rings is 1. The molecule has 7 atom stereocenters. The molecular formula is C32H47N9O9. The Hall–Kier alpha value is -4.72. The second-order valence-electron chi connectivity index (χ2n) is 11.7. The first-order valence-electron chi connectivity index (χ1n) is 16.0. The van der Waals surface area contributed by atoms with Crippen molar-refractivity contribution in [3.8, 4) is 0 Å². The molecule has 0 fully saturated rings. The second-order valence-corrected chi connectivity index (χ2v) is 11.7. The Labute approximate surface area is 289 Å². The van der Waals surface area contributed by atoms with Crippen molar-refractivity contribution in [1.29, 1.82) is 0 Å². The first kappa shape index (κ1) is 41.5. The molecule has 1 aliphatic heterocycles. The topological polar surface area (TPSA) is 312 Å². The third-order valence-electron chi connectivity index (χ3n) is 7.79. The zero-order chi connectivity index (χ0) is 37.4. The lowest BCUT2D eigenvalue weighted by Gasteiger charge is -2.34. The maximum absolute atomic E-state index is 14.3. The number of nitrogens with two attached hydrogens (primary N) is 4. The van der Waals surface area contributed by atoms with E-state index >= 15 is 0 Å². The molecule has 13 N–H and O–H groups in total. The zero-order valence-electron chi connectivity index (χ0n) is 27.8.